The normalized spacial score (nSPS) is 10.2. The number of amides is 2. The van der Waals surface area contributed by atoms with Gasteiger partial charge in [-0.3, -0.25) is 9.59 Å². The molecule has 0 radical (unpaired) electrons. The van der Waals surface area contributed by atoms with Gasteiger partial charge in [-0.05, 0) is 48.0 Å². The van der Waals surface area contributed by atoms with Crippen molar-refractivity contribution in [2.24, 2.45) is 0 Å². The monoisotopic (exact) mass is 454 g/mol. The lowest BCUT2D eigenvalue weighted by Crippen LogP contribution is -2.28. The van der Waals surface area contributed by atoms with Crippen LogP contribution in [0.25, 0.3) is 0 Å². The third-order valence-corrected chi connectivity index (χ3v) is 4.93. The molecule has 0 aliphatic carbocycles. The number of carbonyl (C=O) groups excluding carboxylic acids is 2. The SMILES string of the molecule is COc1ccc(NC(=O)c2ccc(OCC(=O)NCc3ccccc3Cl)cc2)cc1OC. The maximum atomic E-state index is 12.5. The van der Waals surface area contributed by atoms with Gasteiger partial charge in [0.1, 0.15) is 5.75 Å². The van der Waals surface area contributed by atoms with Crippen LogP contribution in [-0.2, 0) is 11.3 Å². The van der Waals surface area contributed by atoms with Gasteiger partial charge >= 0.3 is 0 Å². The van der Waals surface area contributed by atoms with E-state index >= 15 is 0 Å². The summed E-state index contributed by atoms with van der Waals surface area (Å²) in [6.45, 7) is 0.165. The summed E-state index contributed by atoms with van der Waals surface area (Å²) in [5.41, 5.74) is 1.84. The second kappa shape index (κ2) is 11.1. The fraction of sp³-hybridized carbons (Fsp3) is 0.167. The average molecular weight is 455 g/mol. The van der Waals surface area contributed by atoms with Crippen molar-refractivity contribution in [1.29, 1.82) is 0 Å². The summed E-state index contributed by atoms with van der Waals surface area (Å²) in [5.74, 6) is 0.992. The van der Waals surface area contributed by atoms with Crippen molar-refractivity contribution in [1.82, 2.24) is 5.32 Å². The molecular formula is C24H23ClN2O5. The zero-order chi connectivity index (χ0) is 22.9. The molecule has 2 amide bonds. The van der Waals surface area contributed by atoms with E-state index in [1.54, 1.807) is 55.6 Å². The molecule has 0 aliphatic rings. The highest BCUT2D eigenvalue weighted by Crippen LogP contribution is 2.30. The number of benzene rings is 3. The highest BCUT2D eigenvalue weighted by molar-refractivity contribution is 6.31. The fourth-order valence-corrected chi connectivity index (χ4v) is 3.06. The van der Waals surface area contributed by atoms with Crippen LogP contribution in [0.2, 0.25) is 5.02 Å². The molecular weight excluding hydrogens is 432 g/mol. The Labute approximate surface area is 191 Å². The van der Waals surface area contributed by atoms with E-state index in [-0.39, 0.29) is 18.4 Å². The molecule has 8 heteroatoms. The van der Waals surface area contributed by atoms with E-state index in [0.29, 0.717) is 40.1 Å². The average Bonchev–Trinajstić information content (AvgIpc) is 2.82. The number of ether oxygens (including phenoxy) is 3. The number of hydrogen-bond donors (Lipinski definition) is 2. The molecule has 3 aromatic carbocycles. The van der Waals surface area contributed by atoms with Crippen LogP contribution >= 0.6 is 11.6 Å². The predicted octanol–water partition coefficient (Wildman–Crippen LogP) is 4.30. The molecule has 0 aliphatic heterocycles. The molecule has 0 spiro atoms. The number of anilines is 1. The standard InChI is InChI=1S/C24H23ClN2O5/c1-30-21-12-9-18(13-22(21)31-2)27-24(29)16-7-10-19(11-8-16)32-15-23(28)26-14-17-5-3-4-6-20(17)25/h3-13H,14-15H2,1-2H3,(H,26,28)(H,27,29). The fourth-order valence-electron chi connectivity index (χ4n) is 2.86. The Bertz CT molecular complexity index is 1090. The molecule has 0 saturated heterocycles. The number of halogens is 1. The summed E-state index contributed by atoms with van der Waals surface area (Å²) in [6, 6.07) is 18.9. The molecule has 3 rings (SSSR count). The molecule has 0 unspecified atom stereocenters. The largest absolute Gasteiger partial charge is 0.493 e. The van der Waals surface area contributed by atoms with Gasteiger partial charge in [0.25, 0.3) is 11.8 Å². The smallest absolute Gasteiger partial charge is 0.258 e. The van der Waals surface area contributed by atoms with Crippen molar-refractivity contribution in [2.75, 3.05) is 26.1 Å². The van der Waals surface area contributed by atoms with Crippen LogP contribution in [-0.4, -0.2) is 32.6 Å². The Morgan fingerprint density at radius 2 is 1.62 bits per heavy atom. The maximum absolute atomic E-state index is 12.5. The Morgan fingerprint density at radius 1 is 0.906 bits per heavy atom. The van der Waals surface area contributed by atoms with E-state index in [2.05, 4.69) is 10.6 Å². The van der Waals surface area contributed by atoms with Crippen molar-refractivity contribution in [2.45, 2.75) is 6.54 Å². The quantitative estimate of drug-likeness (QED) is 0.503. The number of nitrogens with one attached hydrogen (secondary N) is 2. The third-order valence-electron chi connectivity index (χ3n) is 4.56. The van der Waals surface area contributed by atoms with Crippen molar-refractivity contribution >= 4 is 29.1 Å². The lowest BCUT2D eigenvalue weighted by molar-refractivity contribution is -0.123. The number of methoxy groups -OCH3 is 2. The van der Waals surface area contributed by atoms with Gasteiger partial charge in [-0.1, -0.05) is 29.8 Å². The lowest BCUT2D eigenvalue weighted by atomic mass is 10.2. The van der Waals surface area contributed by atoms with Crippen molar-refractivity contribution in [3.8, 4) is 17.2 Å². The Kier molecular flexibility index (Phi) is 7.94. The summed E-state index contributed by atoms with van der Waals surface area (Å²) in [6.07, 6.45) is 0. The Balaban J connectivity index is 1.50. The van der Waals surface area contributed by atoms with Gasteiger partial charge in [-0.25, -0.2) is 0 Å². The first-order valence-corrected chi connectivity index (χ1v) is 10.1. The van der Waals surface area contributed by atoms with E-state index in [0.717, 1.165) is 5.56 Å². The van der Waals surface area contributed by atoms with Crippen molar-refractivity contribution < 1.29 is 23.8 Å². The van der Waals surface area contributed by atoms with E-state index in [1.807, 2.05) is 18.2 Å². The summed E-state index contributed by atoms with van der Waals surface area (Å²) >= 11 is 6.07. The van der Waals surface area contributed by atoms with Crippen LogP contribution in [0.5, 0.6) is 17.2 Å². The van der Waals surface area contributed by atoms with Gasteiger partial charge in [-0.15, -0.1) is 0 Å². The van der Waals surface area contributed by atoms with Crippen LogP contribution in [0, 0.1) is 0 Å². The maximum Gasteiger partial charge on any atom is 0.258 e. The number of rotatable bonds is 9. The highest BCUT2D eigenvalue weighted by atomic mass is 35.5. The van der Waals surface area contributed by atoms with Gasteiger partial charge in [-0.2, -0.15) is 0 Å². The molecule has 2 N–H and O–H groups in total. The van der Waals surface area contributed by atoms with Crippen molar-refractivity contribution in [3.05, 3.63) is 82.9 Å². The first-order valence-electron chi connectivity index (χ1n) is 9.76. The van der Waals surface area contributed by atoms with Gasteiger partial charge in [0.2, 0.25) is 0 Å². The number of carbonyl (C=O) groups is 2. The van der Waals surface area contributed by atoms with Gasteiger partial charge in [0.15, 0.2) is 18.1 Å². The van der Waals surface area contributed by atoms with Gasteiger partial charge in [0, 0.05) is 28.9 Å². The van der Waals surface area contributed by atoms with E-state index in [1.165, 1.54) is 7.11 Å². The summed E-state index contributed by atoms with van der Waals surface area (Å²) in [4.78, 5) is 24.5. The molecule has 166 valence electrons. The summed E-state index contributed by atoms with van der Waals surface area (Å²) < 4.78 is 15.9. The minimum absolute atomic E-state index is 0.151. The van der Waals surface area contributed by atoms with E-state index < -0.39 is 0 Å². The van der Waals surface area contributed by atoms with Crippen LogP contribution in [0.3, 0.4) is 0 Å². The minimum Gasteiger partial charge on any atom is -0.493 e. The van der Waals surface area contributed by atoms with E-state index in [9.17, 15) is 9.59 Å². The second-order valence-corrected chi connectivity index (χ2v) is 7.11. The van der Waals surface area contributed by atoms with Gasteiger partial charge in [0.05, 0.1) is 14.2 Å². The Morgan fingerprint density at radius 3 is 2.31 bits per heavy atom. The van der Waals surface area contributed by atoms with Crippen LogP contribution in [0.1, 0.15) is 15.9 Å². The van der Waals surface area contributed by atoms with Crippen LogP contribution in [0.4, 0.5) is 5.69 Å². The Hall–Kier alpha value is -3.71. The molecule has 0 heterocycles. The second-order valence-electron chi connectivity index (χ2n) is 6.71. The summed E-state index contributed by atoms with van der Waals surface area (Å²) in [7, 11) is 3.07. The molecule has 3 aromatic rings. The summed E-state index contributed by atoms with van der Waals surface area (Å²) in [5, 5.41) is 6.15. The third kappa shape index (κ3) is 6.15. The first-order chi connectivity index (χ1) is 15.5. The van der Waals surface area contributed by atoms with Gasteiger partial charge < -0.3 is 24.8 Å². The predicted molar refractivity (Wildman–Crippen MR) is 123 cm³/mol. The molecule has 32 heavy (non-hydrogen) atoms. The highest BCUT2D eigenvalue weighted by Gasteiger charge is 2.10. The molecule has 0 aromatic heterocycles. The topological polar surface area (TPSA) is 85.9 Å². The van der Waals surface area contributed by atoms with Crippen LogP contribution in [0.15, 0.2) is 66.7 Å². The van der Waals surface area contributed by atoms with E-state index in [4.69, 9.17) is 25.8 Å². The molecule has 0 atom stereocenters. The zero-order valence-corrected chi connectivity index (χ0v) is 18.4. The molecule has 0 fully saturated rings. The minimum atomic E-state index is -0.291. The first kappa shape index (κ1) is 23.0. The molecule has 7 nitrogen and oxygen atoms in total. The lowest BCUT2D eigenvalue weighted by Gasteiger charge is -2.11. The zero-order valence-electron chi connectivity index (χ0n) is 17.7. The number of hydrogen-bond acceptors (Lipinski definition) is 5. The van der Waals surface area contributed by atoms with Crippen molar-refractivity contribution in [3.63, 3.8) is 0 Å². The van der Waals surface area contributed by atoms with Crippen LogP contribution < -0.4 is 24.8 Å². The molecule has 0 bridgehead atoms. The molecule has 0 saturated carbocycles.